The summed E-state index contributed by atoms with van der Waals surface area (Å²) in [4.78, 5) is 11.1. The molecule has 0 aromatic rings. The molecule has 0 saturated carbocycles. The molecule has 1 heterocycles. The molecule has 0 radical (unpaired) electrons. The number of hydrogen-bond acceptors (Lipinski definition) is 5. The first-order chi connectivity index (χ1) is 7.68. The monoisotopic (exact) mass is 306 g/mol. The Morgan fingerprint density at radius 1 is 1.41 bits per heavy atom. The van der Waals surface area contributed by atoms with E-state index in [0.29, 0.717) is 6.61 Å². The third kappa shape index (κ3) is 6.52. The zero-order valence-electron chi connectivity index (χ0n) is 9.37. The third-order valence-corrected chi connectivity index (χ3v) is 2.14. The van der Waals surface area contributed by atoms with E-state index in [1.54, 1.807) is 13.8 Å². The first-order valence-electron chi connectivity index (χ1n) is 4.86. The van der Waals surface area contributed by atoms with E-state index in [1.807, 2.05) is 0 Å². The van der Waals surface area contributed by atoms with Crippen LogP contribution in [-0.4, -0.2) is 41.7 Å². The van der Waals surface area contributed by atoms with Crippen molar-refractivity contribution in [1.29, 1.82) is 0 Å². The Hall–Kier alpha value is 0.0600. The smallest absolute Gasteiger partial charge is 0.431 e. The highest BCUT2D eigenvalue weighted by molar-refractivity contribution is 6.67. The molecule has 0 N–H and O–H groups in total. The predicted octanol–water partition coefficient (Wildman–Crippen LogP) is 2.66. The fourth-order valence-electron chi connectivity index (χ4n) is 1.19. The summed E-state index contributed by atoms with van der Waals surface area (Å²) in [7, 11) is 0. The first kappa shape index (κ1) is 15.1. The van der Waals surface area contributed by atoms with Crippen molar-refractivity contribution in [2.75, 3.05) is 19.8 Å². The largest absolute Gasteiger partial charge is 0.508 e. The van der Waals surface area contributed by atoms with Crippen molar-refractivity contribution in [3.8, 4) is 0 Å². The average Bonchev–Trinajstić information content (AvgIpc) is 2.51. The van der Waals surface area contributed by atoms with Crippen LogP contribution >= 0.6 is 34.8 Å². The lowest BCUT2D eigenvalue weighted by Gasteiger charge is -2.17. The molecule has 1 saturated heterocycles. The maximum atomic E-state index is 11.1. The second kappa shape index (κ2) is 5.80. The molecule has 0 aromatic heterocycles. The Labute approximate surface area is 114 Å². The number of carbonyl (C=O) groups is 1. The Bertz CT molecular complexity index is 276. The van der Waals surface area contributed by atoms with Crippen LogP contribution in [0.25, 0.3) is 0 Å². The standard InChI is InChI=1S/C9H13Cl3O5/c1-8(2)16-4-6(17-8)3-14-7(13)15-5-9(10,11)12/h6H,3-5H2,1-2H3/t6-/m0/s1. The molecule has 17 heavy (non-hydrogen) atoms. The van der Waals surface area contributed by atoms with Gasteiger partial charge in [-0.3, -0.25) is 0 Å². The van der Waals surface area contributed by atoms with Crippen LogP contribution in [0.5, 0.6) is 0 Å². The van der Waals surface area contributed by atoms with Crippen molar-refractivity contribution in [2.24, 2.45) is 0 Å². The number of hydrogen-bond donors (Lipinski definition) is 0. The molecule has 5 nitrogen and oxygen atoms in total. The lowest BCUT2D eigenvalue weighted by molar-refractivity contribution is -0.143. The quantitative estimate of drug-likeness (QED) is 0.592. The van der Waals surface area contributed by atoms with Gasteiger partial charge in [-0.15, -0.1) is 0 Å². The van der Waals surface area contributed by atoms with Crippen molar-refractivity contribution >= 4 is 41.0 Å². The van der Waals surface area contributed by atoms with E-state index in [0.717, 1.165) is 0 Å². The minimum atomic E-state index is -1.64. The molecule has 1 atom stereocenters. The van der Waals surface area contributed by atoms with Gasteiger partial charge in [0.1, 0.15) is 19.3 Å². The van der Waals surface area contributed by atoms with Gasteiger partial charge in [-0.2, -0.15) is 0 Å². The lowest BCUT2D eigenvalue weighted by Crippen LogP contribution is -2.26. The molecule has 1 aliphatic heterocycles. The topological polar surface area (TPSA) is 54.0 Å². The van der Waals surface area contributed by atoms with Gasteiger partial charge in [0.2, 0.25) is 3.79 Å². The molecule has 100 valence electrons. The Kier molecular flexibility index (Phi) is 5.16. The minimum absolute atomic E-state index is 0.0299. The maximum Gasteiger partial charge on any atom is 0.508 e. The molecule has 0 aromatic carbocycles. The normalized spacial score (nSPS) is 23.5. The molecule has 0 aliphatic carbocycles. The summed E-state index contributed by atoms with van der Waals surface area (Å²) in [6, 6.07) is 0. The highest BCUT2D eigenvalue weighted by atomic mass is 35.6. The second-order valence-corrected chi connectivity index (χ2v) is 6.43. The van der Waals surface area contributed by atoms with Gasteiger partial charge >= 0.3 is 6.16 Å². The zero-order valence-corrected chi connectivity index (χ0v) is 11.6. The Morgan fingerprint density at radius 2 is 2.06 bits per heavy atom. The highest BCUT2D eigenvalue weighted by Gasteiger charge is 2.33. The van der Waals surface area contributed by atoms with Gasteiger partial charge in [0, 0.05) is 0 Å². The van der Waals surface area contributed by atoms with E-state index in [2.05, 4.69) is 4.74 Å². The number of halogens is 3. The van der Waals surface area contributed by atoms with Crippen LogP contribution in [0, 0.1) is 0 Å². The van der Waals surface area contributed by atoms with E-state index in [-0.39, 0.29) is 19.3 Å². The van der Waals surface area contributed by atoms with Crippen molar-refractivity contribution in [3.05, 3.63) is 0 Å². The van der Waals surface area contributed by atoms with Crippen LogP contribution in [0.15, 0.2) is 0 Å². The van der Waals surface area contributed by atoms with Crippen molar-refractivity contribution < 1.29 is 23.7 Å². The summed E-state index contributed by atoms with van der Waals surface area (Å²) in [6.45, 7) is 3.55. The summed E-state index contributed by atoms with van der Waals surface area (Å²) in [5, 5.41) is 0. The lowest BCUT2D eigenvalue weighted by atomic mass is 10.4. The third-order valence-electron chi connectivity index (χ3n) is 1.81. The number of rotatable bonds is 3. The molecular formula is C9H13Cl3O5. The number of alkyl halides is 3. The van der Waals surface area contributed by atoms with E-state index >= 15 is 0 Å². The van der Waals surface area contributed by atoms with Crippen molar-refractivity contribution in [1.82, 2.24) is 0 Å². The molecule has 0 spiro atoms. The first-order valence-corrected chi connectivity index (χ1v) is 5.99. The van der Waals surface area contributed by atoms with Gasteiger partial charge in [-0.1, -0.05) is 34.8 Å². The molecule has 8 heteroatoms. The van der Waals surface area contributed by atoms with Crippen LogP contribution in [0.3, 0.4) is 0 Å². The van der Waals surface area contributed by atoms with Gasteiger partial charge in [-0.25, -0.2) is 4.79 Å². The van der Waals surface area contributed by atoms with E-state index < -0.39 is 15.7 Å². The van der Waals surface area contributed by atoms with Gasteiger partial charge in [-0.05, 0) is 13.8 Å². The van der Waals surface area contributed by atoms with Gasteiger partial charge in [0.05, 0.1) is 6.61 Å². The van der Waals surface area contributed by atoms with E-state index in [4.69, 9.17) is 49.0 Å². The SMILES string of the molecule is CC1(C)OC[C@H](COC(=O)OCC(Cl)(Cl)Cl)O1. The van der Waals surface area contributed by atoms with Crippen molar-refractivity contribution in [3.63, 3.8) is 0 Å². The summed E-state index contributed by atoms with van der Waals surface area (Å²) in [5.74, 6) is -0.657. The Morgan fingerprint density at radius 3 is 2.53 bits per heavy atom. The van der Waals surface area contributed by atoms with Crippen LogP contribution in [0.2, 0.25) is 0 Å². The van der Waals surface area contributed by atoms with Crippen LogP contribution < -0.4 is 0 Å². The molecule has 0 amide bonds. The molecule has 1 rings (SSSR count). The maximum absolute atomic E-state index is 11.1. The summed E-state index contributed by atoms with van der Waals surface area (Å²) < 4.78 is 18.4. The molecule has 0 unspecified atom stereocenters. The molecule has 0 bridgehead atoms. The molecule has 1 fully saturated rings. The van der Waals surface area contributed by atoms with E-state index in [9.17, 15) is 4.79 Å². The molecule has 1 aliphatic rings. The van der Waals surface area contributed by atoms with Crippen molar-refractivity contribution in [2.45, 2.75) is 29.5 Å². The van der Waals surface area contributed by atoms with Crippen LogP contribution in [-0.2, 0) is 18.9 Å². The summed E-state index contributed by atoms with van der Waals surface area (Å²) in [5.41, 5.74) is 0. The predicted molar refractivity (Wildman–Crippen MR) is 62.5 cm³/mol. The summed E-state index contributed by atoms with van der Waals surface area (Å²) in [6.07, 6.45) is -1.23. The zero-order chi connectivity index (χ0) is 13.1. The minimum Gasteiger partial charge on any atom is -0.431 e. The van der Waals surface area contributed by atoms with Gasteiger partial charge in [0.25, 0.3) is 0 Å². The Balaban J connectivity index is 2.17. The average molecular weight is 308 g/mol. The van der Waals surface area contributed by atoms with Gasteiger partial charge in [0.15, 0.2) is 5.79 Å². The number of ether oxygens (including phenoxy) is 4. The fraction of sp³-hybridized carbons (Fsp3) is 0.889. The molecular weight excluding hydrogens is 294 g/mol. The summed E-state index contributed by atoms with van der Waals surface area (Å²) >= 11 is 16.2. The van der Waals surface area contributed by atoms with E-state index in [1.165, 1.54) is 0 Å². The van der Waals surface area contributed by atoms with Crippen LogP contribution in [0.4, 0.5) is 4.79 Å². The highest BCUT2D eigenvalue weighted by Crippen LogP contribution is 2.26. The van der Waals surface area contributed by atoms with Crippen LogP contribution in [0.1, 0.15) is 13.8 Å². The van der Waals surface area contributed by atoms with Gasteiger partial charge < -0.3 is 18.9 Å². The second-order valence-electron chi connectivity index (χ2n) is 3.92. The number of carbonyl (C=O) groups excluding carboxylic acids is 1. The fourth-order valence-corrected chi connectivity index (χ4v) is 1.35.